The lowest BCUT2D eigenvalue weighted by Crippen LogP contribution is -2.39. The summed E-state index contributed by atoms with van der Waals surface area (Å²) in [5.41, 5.74) is -0.422. The van der Waals surface area contributed by atoms with E-state index in [0.717, 1.165) is 25.9 Å². The lowest BCUT2D eigenvalue weighted by atomic mass is 9.94. The van der Waals surface area contributed by atoms with Gasteiger partial charge in [-0.05, 0) is 32.9 Å². The van der Waals surface area contributed by atoms with Crippen LogP contribution in [-0.2, 0) is 0 Å². The van der Waals surface area contributed by atoms with E-state index >= 15 is 0 Å². The molecule has 0 aromatic carbocycles. The molecule has 0 saturated carbocycles. The minimum absolute atomic E-state index is 0.422. The van der Waals surface area contributed by atoms with Gasteiger partial charge in [0.05, 0.1) is 5.60 Å². The van der Waals surface area contributed by atoms with E-state index in [9.17, 15) is 5.11 Å². The van der Waals surface area contributed by atoms with E-state index in [1.807, 2.05) is 11.8 Å². The number of aliphatic hydroxyl groups is 1. The SMILES string of the molecule is [CH2-]N1CCC(C)(O)CC1. The fourth-order valence-electron chi connectivity index (χ4n) is 1.03. The molecule has 0 spiro atoms. The van der Waals surface area contributed by atoms with Gasteiger partial charge in [-0.15, -0.1) is 0 Å². The van der Waals surface area contributed by atoms with Crippen LogP contribution in [0.2, 0.25) is 0 Å². The van der Waals surface area contributed by atoms with Crippen LogP contribution < -0.4 is 0 Å². The van der Waals surface area contributed by atoms with Gasteiger partial charge in [0, 0.05) is 0 Å². The minimum atomic E-state index is -0.422. The molecule has 1 rings (SSSR count). The fourth-order valence-corrected chi connectivity index (χ4v) is 1.03. The highest BCUT2D eigenvalue weighted by Gasteiger charge is 2.22. The zero-order valence-corrected chi connectivity index (χ0v) is 5.93. The summed E-state index contributed by atoms with van der Waals surface area (Å²) in [6, 6.07) is 0. The number of hydrogen-bond acceptors (Lipinski definition) is 2. The van der Waals surface area contributed by atoms with Crippen molar-refractivity contribution in [1.29, 1.82) is 0 Å². The third kappa shape index (κ3) is 1.95. The molecule has 2 nitrogen and oxygen atoms in total. The van der Waals surface area contributed by atoms with E-state index in [-0.39, 0.29) is 0 Å². The summed E-state index contributed by atoms with van der Waals surface area (Å²) in [6.07, 6.45) is 1.72. The number of piperidine rings is 1. The van der Waals surface area contributed by atoms with Crippen molar-refractivity contribution < 1.29 is 5.11 Å². The molecule has 1 heterocycles. The van der Waals surface area contributed by atoms with Gasteiger partial charge >= 0.3 is 0 Å². The normalized spacial score (nSPS) is 28.3. The van der Waals surface area contributed by atoms with Crippen LogP contribution in [0.5, 0.6) is 0 Å². The maximum atomic E-state index is 9.44. The summed E-state index contributed by atoms with van der Waals surface area (Å²) in [5.74, 6) is 0. The van der Waals surface area contributed by atoms with Crippen molar-refractivity contribution in [3.05, 3.63) is 7.05 Å². The first-order valence-electron chi connectivity index (χ1n) is 3.38. The summed E-state index contributed by atoms with van der Waals surface area (Å²) in [4.78, 5) is 2.00. The van der Waals surface area contributed by atoms with Crippen LogP contribution in [0, 0.1) is 7.05 Å². The second-order valence-corrected chi connectivity index (χ2v) is 3.11. The molecule has 1 aliphatic rings. The van der Waals surface area contributed by atoms with Crippen molar-refractivity contribution in [1.82, 2.24) is 4.90 Å². The van der Waals surface area contributed by atoms with Crippen molar-refractivity contribution in [2.24, 2.45) is 0 Å². The lowest BCUT2D eigenvalue weighted by Gasteiger charge is -2.38. The number of rotatable bonds is 0. The molecule has 2 heteroatoms. The Morgan fingerprint density at radius 1 is 1.44 bits per heavy atom. The average molecular weight is 128 g/mol. The Labute approximate surface area is 56.5 Å². The predicted molar refractivity (Wildman–Crippen MR) is 36.8 cm³/mol. The first-order valence-corrected chi connectivity index (χ1v) is 3.38. The highest BCUT2D eigenvalue weighted by molar-refractivity contribution is 4.80. The smallest absolute Gasteiger partial charge is 0.0642 e. The summed E-state index contributed by atoms with van der Waals surface area (Å²) in [7, 11) is 3.79. The molecule has 0 amide bonds. The molecule has 0 radical (unpaired) electrons. The topological polar surface area (TPSA) is 23.5 Å². The molecule has 0 aromatic heterocycles. The van der Waals surface area contributed by atoms with Gasteiger partial charge in [0.25, 0.3) is 0 Å². The maximum absolute atomic E-state index is 9.44. The molecule has 0 aliphatic carbocycles. The summed E-state index contributed by atoms with van der Waals surface area (Å²) < 4.78 is 0. The van der Waals surface area contributed by atoms with Crippen molar-refractivity contribution in [3.63, 3.8) is 0 Å². The van der Waals surface area contributed by atoms with Crippen molar-refractivity contribution in [3.8, 4) is 0 Å². The van der Waals surface area contributed by atoms with Gasteiger partial charge in [0.1, 0.15) is 0 Å². The van der Waals surface area contributed by atoms with Crippen LogP contribution >= 0.6 is 0 Å². The number of nitrogens with zero attached hydrogens (tertiary/aromatic N) is 1. The van der Waals surface area contributed by atoms with Gasteiger partial charge in [-0.2, -0.15) is 0 Å². The van der Waals surface area contributed by atoms with Gasteiger partial charge in [0.15, 0.2) is 0 Å². The molecule has 0 bridgehead atoms. The van der Waals surface area contributed by atoms with E-state index in [2.05, 4.69) is 7.05 Å². The number of likely N-dealkylation sites (tertiary alicyclic amines) is 1. The zero-order chi connectivity index (χ0) is 6.91. The van der Waals surface area contributed by atoms with E-state index in [4.69, 9.17) is 0 Å². The van der Waals surface area contributed by atoms with E-state index in [1.165, 1.54) is 0 Å². The van der Waals surface area contributed by atoms with Gasteiger partial charge in [0.2, 0.25) is 0 Å². The van der Waals surface area contributed by atoms with Gasteiger partial charge < -0.3 is 10.0 Å². The predicted octanol–water partition coefficient (Wildman–Crippen LogP) is 0.625. The van der Waals surface area contributed by atoms with Crippen LogP contribution in [0.1, 0.15) is 19.8 Å². The molecule has 54 valence electrons. The maximum Gasteiger partial charge on any atom is 0.0642 e. The average Bonchev–Trinajstić information content (AvgIpc) is 1.78. The van der Waals surface area contributed by atoms with Crippen LogP contribution in [0.25, 0.3) is 0 Å². The molecule has 1 aliphatic heterocycles. The Bertz CT molecular complexity index is 91.1. The van der Waals surface area contributed by atoms with Crippen LogP contribution in [-0.4, -0.2) is 28.7 Å². The molecule has 9 heavy (non-hydrogen) atoms. The second-order valence-electron chi connectivity index (χ2n) is 3.11. The minimum Gasteiger partial charge on any atom is -0.459 e. The number of hydrogen-bond donors (Lipinski definition) is 1. The van der Waals surface area contributed by atoms with Gasteiger partial charge in [-0.1, -0.05) is 0 Å². The van der Waals surface area contributed by atoms with Crippen molar-refractivity contribution in [2.75, 3.05) is 13.1 Å². The van der Waals surface area contributed by atoms with Gasteiger partial charge in [-0.25, -0.2) is 0 Å². The summed E-state index contributed by atoms with van der Waals surface area (Å²) in [6.45, 7) is 3.74. The standard InChI is InChI=1S/C7H14NO/c1-7(9)3-5-8(2)6-4-7/h9H,2-6H2,1H3/q-1. The monoisotopic (exact) mass is 128 g/mol. The first-order chi connectivity index (χ1) is 4.10. The largest absolute Gasteiger partial charge is 0.459 e. The highest BCUT2D eigenvalue weighted by Crippen LogP contribution is 2.19. The lowest BCUT2D eigenvalue weighted by molar-refractivity contribution is 0.00489. The Morgan fingerprint density at radius 3 is 2.22 bits per heavy atom. The van der Waals surface area contributed by atoms with E-state index in [1.54, 1.807) is 0 Å². The quantitative estimate of drug-likeness (QED) is 0.483. The van der Waals surface area contributed by atoms with Crippen LogP contribution in [0.3, 0.4) is 0 Å². The molecule has 1 N–H and O–H groups in total. The van der Waals surface area contributed by atoms with E-state index in [0.29, 0.717) is 0 Å². The molecule has 0 atom stereocenters. The molecular weight excluding hydrogens is 114 g/mol. The second kappa shape index (κ2) is 2.27. The third-order valence-corrected chi connectivity index (χ3v) is 1.93. The van der Waals surface area contributed by atoms with E-state index < -0.39 is 5.60 Å². The van der Waals surface area contributed by atoms with Crippen molar-refractivity contribution >= 4 is 0 Å². The Balaban J connectivity index is 2.35. The molecule has 0 aromatic rings. The highest BCUT2D eigenvalue weighted by atomic mass is 16.3. The fraction of sp³-hybridized carbons (Fsp3) is 0.857. The van der Waals surface area contributed by atoms with Crippen LogP contribution in [0.4, 0.5) is 0 Å². The third-order valence-electron chi connectivity index (χ3n) is 1.93. The zero-order valence-electron chi connectivity index (χ0n) is 5.93. The molecule has 1 saturated heterocycles. The molecular formula is C7H14NO-. The first kappa shape index (κ1) is 7.03. The Hall–Kier alpha value is -0.0800. The van der Waals surface area contributed by atoms with Crippen molar-refractivity contribution in [2.45, 2.75) is 25.4 Å². The van der Waals surface area contributed by atoms with Crippen LogP contribution in [0.15, 0.2) is 0 Å². The van der Waals surface area contributed by atoms with Gasteiger partial charge in [-0.3, -0.25) is 7.05 Å². The summed E-state index contributed by atoms with van der Waals surface area (Å²) >= 11 is 0. The Kier molecular flexibility index (Phi) is 1.78. The molecule has 0 unspecified atom stereocenters. The molecule has 1 fully saturated rings. The Morgan fingerprint density at radius 2 is 1.89 bits per heavy atom. The summed E-state index contributed by atoms with van der Waals surface area (Å²) in [5, 5.41) is 9.44.